The van der Waals surface area contributed by atoms with Gasteiger partial charge < -0.3 is 5.32 Å². The van der Waals surface area contributed by atoms with E-state index >= 15 is 0 Å². The van der Waals surface area contributed by atoms with Gasteiger partial charge in [0.2, 0.25) is 5.91 Å². The van der Waals surface area contributed by atoms with Crippen molar-refractivity contribution in [3.63, 3.8) is 0 Å². The predicted molar refractivity (Wildman–Crippen MR) is 115 cm³/mol. The van der Waals surface area contributed by atoms with E-state index in [1.54, 1.807) is 11.3 Å². The molecule has 0 bridgehead atoms. The number of aromatic nitrogens is 2. The number of carbonyl (C=O) groups is 1. The van der Waals surface area contributed by atoms with Gasteiger partial charge in [-0.25, -0.2) is 4.98 Å². The summed E-state index contributed by atoms with van der Waals surface area (Å²) < 4.78 is 1.38. The summed E-state index contributed by atoms with van der Waals surface area (Å²) in [7, 11) is 0. The average Bonchev–Trinajstić information content (AvgIpc) is 3.35. The minimum absolute atomic E-state index is 0.0325. The predicted octanol–water partition coefficient (Wildman–Crippen LogP) is 3.85. The van der Waals surface area contributed by atoms with Gasteiger partial charge in [0.25, 0.3) is 5.56 Å². The van der Waals surface area contributed by atoms with Gasteiger partial charge in [0.15, 0.2) is 0 Å². The van der Waals surface area contributed by atoms with E-state index in [-0.39, 0.29) is 18.0 Å². The lowest BCUT2D eigenvalue weighted by molar-refractivity contribution is -0.121. The molecule has 1 amide bonds. The molecule has 0 spiro atoms. The molecular weight excluding hydrogens is 390 g/mol. The summed E-state index contributed by atoms with van der Waals surface area (Å²) in [6, 6.07) is 12.1. The van der Waals surface area contributed by atoms with Crippen LogP contribution in [-0.2, 0) is 17.8 Å². The van der Waals surface area contributed by atoms with E-state index < -0.39 is 0 Å². The minimum atomic E-state index is -0.190. The molecule has 0 unspecified atom stereocenters. The van der Waals surface area contributed by atoms with Gasteiger partial charge in [0, 0.05) is 22.4 Å². The van der Waals surface area contributed by atoms with Gasteiger partial charge in [-0.15, -0.1) is 22.7 Å². The summed E-state index contributed by atoms with van der Waals surface area (Å²) in [5.41, 5.74) is 3.13. The van der Waals surface area contributed by atoms with Crippen LogP contribution < -0.4 is 10.9 Å². The van der Waals surface area contributed by atoms with Gasteiger partial charge in [-0.1, -0.05) is 30.3 Å². The maximum Gasteiger partial charge on any atom is 0.263 e. The molecule has 3 heterocycles. The van der Waals surface area contributed by atoms with Gasteiger partial charge >= 0.3 is 0 Å². The number of fused-ring (bicyclic) bond motifs is 1. The molecule has 3 aromatic heterocycles. The van der Waals surface area contributed by atoms with Gasteiger partial charge in [0.1, 0.15) is 11.4 Å². The Bertz CT molecular complexity index is 1180. The zero-order valence-corrected chi connectivity index (χ0v) is 17.0. The maximum absolute atomic E-state index is 12.9. The number of nitrogens with one attached hydrogen (secondary N) is 1. The van der Waals surface area contributed by atoms with Crippen LogP contribution in [0.3, 0.4) is 0 Å². The first-order valence-corrected chi connectivity index (χ1v) is 10.7. The van der Waals surface area contributed by atoms with E-state index in [9.17, 15) is 9.59 Å². The van der Waals surface area contributed by atoms with Crippen molar-refractivity contribution in [1.82, 2.24) is 14.9 Å². The number of amides is 1. The van der Waals surface area contributed by atoms with E-state index in [2.05, 4.69) is 29.4 Å². The normalized spacial score (nSPS) is 11.0. The lowest BCUT2D eigenvalue weighted by Gasteiger charge is -2.09. The van der Waals surface area contributed by atoms with Crippen LogP contribution in [0.5, 0.6) is 0 Å². The number of nitrogens with zero attached hydrogens (tertiary/aromatic N) is 2. The monoisotopic (exact) mass is 409 g/mol. The third-order valence-electron chi connectivity index (χ3n) is 4.64. The Morgan fingerprint density at radius 2 is 2.04 bits per heavy atom. The van der Waals surface area contributed by atoms with Crippen LogP contribution in [0, 0.1) is 6.92 Å². The lowest BCUT2D eigenvalue weighted by atomic mass is 10.1. The van der Waals surface area contributed by atoms with Crippen LogP contribution in [0.15, 0.2) is 58.3 Å². The number of benzene rings is 1. The zero-order valence-electron chi connectivity index (χ0n) is 15.3. The Morgan fingerprint density at radius 3 is 2.82 bits per heavy atom. The first kappa shape index (κ1) is 18.6. The van der Waals surface area contributed by atoms with Crippen molar-refractivity contribution in [3.05, 3.63) is 75.0 Å². The first-order chi connectivity index (χ1) is 13.6. The highest BCUT2D eigenvalue weighted by Gasteiger charge is 2.15. The fourth-order valence-corrected chi connectivity index (χ4v) is 4.85. The summed E-state index contributed by atoms with van der Waals surface area (Å²) in [6.45, 7) is 2.56. The SMILES string of the molecule is Cc1ccccc1CCNC(=O)Cn1cnc2scc(-c3cccs3)c2c1=O. The molecule has 1 N–H and O–H groups in total. The molecule has 0 aliphatic heterocycles. The molecule has 0 saturated carbocycles. The van der Waals surface area contributed by atoms with Crippen molar-refractivity contribution >= 4 is 38.8 Å². The van der Waals surface area contributed by atoms with Crippen molar-refractivity contribution in [2.24, 2.45) is 0 Å². The number of carbonyl (C=O) groups excluding carboxylic acids is 1. The Balaban J connectivity index is 1.48. The van der Waals surface area contributed by atoms with Crippen molar-refractivity contribution in [1.29, 1.82) is 0 Å². The largest absolute Gasteiger partial charge is 0.354 e. The van der Waals surface area contributed by atoms with E-state index in [0.29, 0.717) is 16.8 Å². The molecule has 28 heavy (non-hydrogen) atoms. The molecular formula is C21H19N3O2S2. The Kier molecular flexibility index (Phi) is 5.36. The molecule has 0 aliphatic rings. The highest BCUT2D eigenvalue weighted by atomic mass is 32.1. The molecule has 7 heteroatoms. The maximum atomic E-state index is 12.9. The van der Waals surface area contributed by atoms with Crippen molar-refractivity contribution in [3.8, 4) is 10.4 Å². The first-order valence-electron chi connectivity index (χ1n) is 8.95. The number of thiophene rings is 2. The van der Waals surface area contributed by atoms with Gasteiger partial charge in [-0.05, 0) is 35.9 Å². The van der Waals surface area contributed by atoms with E-state index in [1.165, 1.54) is 33.4 Å². The Labute approximate surface area is 170 Å². The van der Waals surface area contributed by atoms with Crippen molar-refractivity contribution in [2.45, 2.75) is 19.9 Å². The molecule has 0 radical (unpaired) electrons. The molecule has 142 valence electrons. The van der Waals surface area contributed by atoms with Crippen LogP contribution in [0.1, 0.15) is 11.1 Å². The van der Waals surface area contributed by atoms with Crippen molar-refractivity contribution in [2.75, 3.05) is 6.54 Å². The van der Waals surface area contributed by atoms with Crippen molar-refractivity contribution < 1.29 is 4.79 Å². The smallest absolute Gasteiger partial charge is 0.263 e. The second-order valence-electron chi connectivity index (χ2n) is 6.51. The van der Waals surface area contributed by atoms with E-state index in [1.807, 2.05) is 35.0 Å². The molecule has 5 nitrogen and oxygen atoms in total. The highest BCUT2D eigenvalue weighted by Crippen LogP contribution is 2.33. The van der Waals surface area contributed by atoms with Gasteiger partial charge in [-0.3, -0.25) is 14.2 Å². The zero-order chi connectivity index (χ0) is 19.5. The molecule has 1 aromatic carbocycles. The number of rotatable bonds is 6. The second-order valence-corrected chi connectivity index (χ2v) is 8.32. The summed E-state index contributed by atoms with van der Waals surface area (Å²) in [4.78, 5) is 31.4. The van der Waals surface area contributed by atoms with Crippen LogP contribution in [0.4, 0.5) is 0 Å². The molecule has 0 saturated heterocycles. The number of hydrogen-bond acceptors (Lipinski definition) is 5. The molecule has 4 aromatic rings. The average molecular weight is 410 g/mol. The molecule has 0 atom stereocenters. The minimum Gasteiger partial charge on any atom is -0.354 e. The molecule has 0 fully saturated rings. The fourth-order valence-electron chi connectivity index (χ4n) is 3.13. The summed E-state index contributed by atoms with van der Waals surface area (Å²) in [6.07, 6.45) is 2.22. The third kappa shape index (κ3) is 3.76. The van der Waals surface area contributed by atoms with Crippen LogP contribution >= 0.6 is 22.7 Å². The summed E-state index contributed by atoms with van der Waals surface area (Å²) in [5, 5.41) is 7.42. The van der Waals surface area contributed by atoms with E-state index in [4.69, 9.17) is 0 Å². The van der Waals surface area contributed by atoms with Crippen LogP contribution in [-0.4, -0.2) is 22.0 Å². The van der Waals surface area contributed by atoms with Gasteiger partial charge in [-0.2, -0.15) is 0 Å². The van der Waals surface area contributed by atoms with Gasteiger partial charge in [0.05, 0.1) is 11.7 Å². The Morgan fingerprint density at radius 1 is 1.18 bits per heavy atom. The Hall–Kier alpha value is -2.77. The fraction of sp³-hybridized carbons (Fsp3) is 0.190. The summed E-state index contributed by atoms with van der Waals surface area (Å²) >= 11 is 3.03. The van der Waals surface area contributed by atoms with E-state index in [0.717, 1.165) is 16.9 Å². The standard InChI is InChI=1S/C21H19N3O2S2/c1-14-5-2-3-6-15(14)8-9-22-18(25)11-24-13-23-20-19(21(24)26)16(12-28-20)17-7-4-10-27-17/h2-7,10,12-13H,8-9,11H2,1H3,(H,22,25). The summed E-state index contributed by atoms with van der Waals surface area (Å²) in [5.74, 6) is -0.190. The third-order valence-corrected chi connectivity index (χ3v) is 6.43. The van der Waals surface area contributed by atoms with Crippen LogP contribution in [0.2, 0.25) is 0 Å². The highest BCUT2D eigenvalue weighted by molar-refractivity contribution is 7.18. The molecule has 0 aliphatic carbocycles. The lowest BCUT2D eigenvalue weighted by Crippen LogP contribution is -2.33. The number of aryl methyl sites for hydroxylation is 1. The quantitative estimate of drug-likeness (QED) is 0.526. The molecule has 4 rings (SSSR count). The van der Waals surface area contributed by atoms with Crippen LogP contribution in [0.25, 0.3) is 20.7 Å². The second kappa shape index (κ2) is 8.08. The number of hydrogen-bond donors (Lipinski definition) is 1. The topological polar surface area (TPSA) is 64.0 Å².